The number of aromatic nitrogens is 4. The zero-order valence-electron chi connectivity index (χ0n) is 62.2. The summed E-state index contributed by atoms with van der Waals surface area (Å²) >= 11 is 3.01. The summed E-state index contributed by atoms with van der Waals surface area (Å²) in [6.07, 6.45) is 20.8. The smallest absolute Gasteiger partial charge is 0.408 e. The number of benzene rings is 2. The number of carboxylic acids is 1. The number of thiazole rings is 2. The Balaban J connectivity index is 0.000000189. The number of allylic oxidation sites excluding steroid dienone is 2. The second kappa shape index (κ2) is 33.1. The van der Waals surface area contributed by atoms with Gasteiger partial charge in [-0.05, 0) is 173 Å². The molecule has 14 rings (SSSR count). The normalized spacial score (nSPS) is 27.1. The van der Waals surface area contributed by atoms with Crippen molar-refractivity contribution in [3.63, 3.8) is 0 Å². The lowest BCUT2D eigenvalue weighted by Gasteiger charge is -2.29. The minimum Gasteiger partial charge on any atom is -0.488 e. The van der Waals surface area contributed by atoms with Crippen LogP contribution in [0.15, 0.2) is 83.6 Å². The summed E-state index contributed by atoms with van der Waals surface area (Å²) in [7, 11) is 3.86. The molecule has 107 heavy (non-hydrogen) atoms. The van der Waals surface area contributed by atoms with Crippen LogP contribution in [0.5, 0.6) is 11.5 Å². The number of amides is 6. The van der Waals surface area contributed by atoms with E-state index in [4.69, 9.17) is 38.9 Å². The van der Waals surface area contributed by atoms with Crippen LogP contribution in [0.2, 0.25) is 0 Å². The molecule has 0 unspecified atom stereocenters. The Hall–Kier alpha value is -9.24. The highest BCUT2D eigenvalue weighted by atomic mass is 32.1. The van der Waals surface area contributed by atoms with Crippen LogP contribution >= 0.6 is 22.7 Å². The molecule has 2 aromatic carbocycles. The first-order valence-corrected chi connectivity index (χ1v) is 40.0. The number of alkyl carbamates (subject to hydrolysis) is 2. The Morgan fingerprint density at radius 1 is 0.579 bits per heavy atom. The van der Waals surface area contributed by atoms with E-state index >= 15 is 0 Å². The Kier molecular flexibility index (Phi) is 23.5. The van der Waals surface area contributed by atoms with Gasteiger partial charge in [-0.25, -0.2) is 34.3 Å². The summed E-state index contributed by atoms with van der Waals surface area (Å²) in [5, 5.41) is 32.3. The summed E-state index contributed by atoms with van der Waals surface area (Å²) in [4.78, 5) is 134. The number of Topliss-reactive ketones (excluding diaryl/α,β-unsaturated/α-hetero) is 1. The summed E-state index contributed by atoms with van der Waals surface area (Å²) in [5.41, 5.74) is 3.81. The van der Waals surface area contributed by atoms with Gasteiger partial charge in [0.1, 0.15) is 82.5 Å². The lowest BCUT2D eigenvalue weighted by Crippen LogP contribution is -2.56. The van der Waals surface area contributed by atoms with E-state index in [9.17, 15) is 43.5 Å². The molecule has 25 nitrogen and oxygen atoms in total. The average molecular weight is 1500 g/mol. The molecule has 2 saturated heterocycles. The summed E-state index contributed by atoms with van der Waals surface area (Å²) in [6, 6.07) is 12.1. The van der Waals surface area contributed by atoms with E-state index in [0.29, 0.717) is 60.0 Å². The van der Waals surface area contributed by atoms with Crippen molar-refractivity contribution in [2.75, 3.05) is 37.4 Å². The minimum atomic E-state index is -1.43. The van der Waals surface area contributed by atoms with Crippen molar-refractivity contribution in [1.29, 1.82) is 0 Å². The largest absolute Gasteiger partial charge is 0.488 e. The summed E-state index contributed by atoms with van der Waals surface area (Å²) < 4.78 is 24.9. The molecular weight excluding hydrogens is 1400 g/mol. The molecule has 8 heterocycles. The number of ketones is 1. The van der Waals surface area contributed by atoms with Crippen LogP contribution in [0.3, 0.4) is 0 Å². The molecule has 4 saturated carbocycles. The van der Waals surface area contributed by atoms with E-state index in [-0.39, 0.29) is 74.1 Å². The molecule has 6 N–H and O–H groups in total. The quantitative estimate of drug-likeness (QED) is 0.0520. The van der Waals surface area contributed by atoms with Crippen molar-refractivity contribution in [2.24, 2.45) is 11.8 Å². The Bertz CT molecular complexity index is 4370. The van der Waals surface area contributed by atoms with Gasteiger partial charge in [0.2, 0.25) is 23.6 Å². The molecule has 0 spiro atoms. The molecule has 570 valence electrons. The predicted octanol–water partition coefficient (Wildman–Crippen LogP) is 12.5. The van der Waals surface area contributed by atoms with Gasteiger partial charge in [0.25, 0.3) is 0 Å². The summed E-state index contributed by atoms with van der Waals surface area (Å²) in [5.74, 6) is -2.25. The fraction of sp³-hybridized carbons (Fsp3) is 0.550. The van der Waals surface area contributed by atoms with E-state index in [0.717, 1.165) is 140 Å². The zero-order valence-corrected chi connectivity index (χ0v) is 63.8. The topological polar surface area (TPSA) is 315 Å². The number of carbonyl (C=O) groups is 8. The van der Waals surface area contributed by atoms with E-state index < -0.39 is 83.3 Å². The molecule has 4 aliphatic heterocycles. The fourth-order valence-electron chi connectivity index (χ4n) is 15.9. The standard InChI is InChI=1S/C41H52N6O6S.C39H48N6O7S/c1-24(2)42-39-44-34(23-54-39)33-20-36(30-17-16-25(3)18-32(30)43-33)52-29-19-35-37(49)46-41(26(4)48)21-27(41)12-8-6-5-7-9-15-31(38(50)47(35)22-29)45-40(51)53-28-13-10-11-14-28;1-23-15-16-27-29(17-23)40-30(31-22-53-37(41-31)44(2)3)19-33(27)51-26-18-32-34(46)43-39(36(48)49)20-24(39)11-7-5-4-6-8-14-28(35(47)45(32)21-26)42-38(50)52-25-12-9-10-13-25/h8,12,16-18,20,23-24,27-29,31,35H,5-7,9-11,13-15,19,21-22H2,1-4H3,(H,42,44)(H,45,51)(H,46,49);7,11,15-17,19,22,24-26,28,32H,4-6,8-10,12-14,18,20-21H2,1-3H3,(H,42,50)(H,43,46)(H,48,49)/b12-8-;11-7-/t27-,29-,31+,35+,41+;24-,26-,28+,32+,39-/m11/s1. The van der Waals surface area contributed by atoms with Gasteiger partial charge in [-0.3, -0.25) is 24.0 Å². The van der Waals surface area contributed by atoms with Gasteiger partial charge in [0, 0.05) is 78.5 Å². The molecule has 27 heteroatoms. The highest BCUT2D eigenvalue weighted by molar-refractivity contribution is 7.14. The third-order valence-electron chi connectivity index (χ3n) is 22.0. The maximum Gasteiger partial charge on any atom is 0.408 e. The number of carbonyl (C=O) groups excluding carboxylic acids is 7. The number of hydrogen-bond acceptors (Lipinski definition) is 20. The predicted molar refractivity (Wildman–Crippen MR) is 409 cm³/mol. The van der Waals surface area contributed by atoms with Crippen molar-refractivity contribution in [3.8, 4) is 34.3 Å². The lowest BCUT2D eigenvalue weighted by atomic mass is 10.0. The molecule has 4 aliphatic carbocycles. The number of nitrogens with one attached hydrogen (secondary N) is 5. The van der Waals surface area contributed by atoms with Crippen LogP contribution in [0.25, 0.3) is 44.6 Å². The molecule has 6 fully saturated rings. The lowest BCUT2D eigenvalue weighted by molar-refractivity contribution is -0.145. The first-order valence-electron chi connectivity index (χ1n) is 38.3. The monoisotopic (exact) mass is 1500 g/mol. The van der Waals surface area contributed by atoms with Crippen LogP contribution < -0.4 is 41.0 Å². The van der Waals surface area contributed by atoms with Gasteiger partial charge >= 0.3 is 18.2 Å². The third-order valence-corrected chi connectivity index (χ3v) is 23.8. The number of hydrogen-bond donors (Lipinski definition) is 6. The second-order valence-electron chi connectivity index (χ2n) is 30.8. The number of anilines is 2. The molecule has 0 radical (unpaired) electrons. The molecular formula is C80H100N12O13S2. The number of fused-ring (bicyclic) bond motifs is 6. The van der Waals surface area contributed by atoms with E-state index in [1.54, 1.807) is 4.90 Å². The number of aliphatic carboxylic acids is 1. The average Bonchev–Trinajstić information content (AvgIpc) is 1.57. The van der Waals surface area contributed by atoms with Crippen LogP contribution in [-0.2, 0) is 38.2 Å². The molecule has 10 atom stereocenters. The minimum absolute atomic E-state index is 0.0582. The van der Waals surface area contributed by atoms with E-state index in [1.165, 1.54) is 34.5 Å². The second-order valence-corrected chi connectivity index (χ2v) is 32.5. The van der Waals surface area contributed by atoms with Crippen LogP contribution in [0.1, 0.15) is 173 Å². The van der Waals surface area contributed by atoms with Crippen molar-refractivity contribution in [3.05, 3.63) is 94.7 Å². The van der Waals surface area contributed by atoms with Crippen LogP contribution in [-0.4, -0.2) is 175 Å². The van der Waals surface area contributed by atoms with Gasteiger partial charge in [-0.2, -0.15) is 0 Å². The van der Waals surface area contributed by atoms with Crippen molar-refractivity contribution < 1.29 is 62.4 Å². The maximum absolute atomic E-state index is 14.6. The van der Waals surface area contributed by atoms with Crippen LogP contribution in [0.4, 0.5) is 19.9 Å². The van der Waals surface area contributed by atoms with Crippen molar-refractivity contribution >= 4 is 102 Å². The number of rotatable bonds is 15. The Labute approximate surface area is 632 Å². The van der Waals surface area contributed by atoms with Gasteiger partial charge in [-0.1, -0.05) is 62.1 Å². The molecule has 4 aromatic heterocycles. The van der Waals surface area contributed by atoms with Gasteiger partial charge in [0.15, 0.2) is 16.0 Å². The number of nitrogens with zero attached hydrogens (tertiary/aromatic N) is 7. The Morgan fingerprint density at radius 3 is 1.50 bits per heavy atom. The molecule has 8 aliphatic rings. The fourth-order valence-corrected chi connectivity index (χ4v) is 17.5. The number of ether oxygens (including phenoxy) is 4. The first kappa shape index (κ1) is 76.0. The van der Waals surface area contributed by atoms with Crippen molar-refractivity contribution in [2.45, 2.75) is 242 Å². The SMILES string of the molecule is CC(=O)[C@@]12C[C@H]1/C=C\CCCCC[C@H](NC(=O)OC1CCCC1)C(=O)N1C[C@H](Oc3cc(-c4csc(NC(C)C)n4)nc4cc(C)ccc34)C[C@H]1C(=O)N2.Cc1ccc2c(O[C@@H]3C[C@H]4C(=O)N[C@]5(C(=O)O)C[C@H]5/C=C\CCCCC[C@H](NC(=O)OC5CCCC5)C(=O)N4C3)cc(-c3csc(N(C)C)n3)nc2c1. The Morgan fingerprint density at radius 2 is 1.04 bits per heavy atom. The van der Waals surface area contributed by atoms with Crippen molar-refractivity contribution in [1.82, 2.24) is 51.0 Å². The van der Waals surface area contributed by atoms with Gasteiger partial charge in [0.05, 0.1) is 35.5 Å². The highest BCUT2D eigenvalue weighted by Gasteiger charge is 2.62. The summed E-state index contributed by atoms with van der Waals surface area (Å²) in [6.45, 7) is 9.81. The van der Waals surface area contributed by atoms with Gasteiger partial charge < -0.3 is 65.3 Å². The van der Waals surface area contributed by atoms with E-state index in [1.807, 2.05) is 110 Å². The molecule has 6 aromatic rings. The number of pyridine rings is 2. The van der Waals surface area contributed by atoms with Crippen LogP contribution in [0, 0.1) is 25.7 Å². The molecule has 6 amide bonds. The number of aryl methyl sites for hydroxylation is 2. The van der Waals surface area contributed by atoms with Gasteiger partial charge in [-0.15, -0.1) is 22.7 Å². The maximum atomic E-state index is 14.6. The van der Waals surface area contributed by atoms with E-state index in [2.05, 4.69) is 46.5 Å². The zero-order chi connectivity index (χ0) is 75.3. The third kappa shape index (κ3) is 17.8. The number of carboxylic acid groups (broad SMARTS) is 1. The highest BCUT2D eigenvalue weighted by Crippen LogP contribution is 2.48. The first-order chi connectivity index (χ1) is 51.5. The molecule has 0 bridgehead atoms.